The molecule has 1 unspecified atom stereocenters. The number of aliphatic hydroxyl groups excluding tert-OH is 1. The monoisotopic (exact) mass is 369 g/mol. The maximum absolute atomic E-state index is 14.5. The second kappa shape index (κ2) is 7.72. The molecule has 2 aromatic rings. The van der Waals surface area contributed by atoms with Crippen molar-refractivity contribution in [2.75, 3.05) is 20.3 Å². The zero-order chi connectivity index (χ0) is 19.6. The number of Topliss-reactive ketones (excluding diaryl/α,β-unsaturated/α-hetero) is 1. The van der Waals surface area contributed by atoms with Crippen molar-refractivity contribution < 1.29 is 23.8 Å². The highest BCUT2D eigenvalue weighted by Gasteiger charge is 2.46. The summed E-state index contributed by atoms with van der Waals surface area (Å²) in [6, 6.07) is 11.8. The average Bonchev–Trinajstić information content (AvgIpc) is 2.91. The number of methoxy groups -OCH3 is 1. The number of halogens is 1. The summed E-state index contributed by atoms with van der Waals surface area (Å²) in [5.41, 5.74) is 1.41. The van der Waals surface area contributed by atoms with E-state index in [0.717, 1.165) is 5.56 Å². The summed E-state index contributed by atoms with van der Waals surface area (Å²) in [5, 5.41) is 10.8. The third-order valence-electron chi connectivity index (χ3n) is 4.60. The highest BCUT2D eigenvalue weighted by atomic mass is 19.1. The van der Waals surface area contributed by atoms with Crippen molar-refractivity contribution in [1.29, 1.82) is 0 Å². The first kappa shape index (κ1) is 18.8. The van der Waals surface area contributed by atoms with Crippen LogP contribution in [-0.4, -0.2) is 42.0 Å². The van der Waals surface area contributed by atoms with E-state index < -0.39 is 23.5 Å². The van der Waals surface area contributed by atoms with Crippen molar-refractivity contribution in [1.82, 2.24) is 4.90 Å². The number of hydrogen-bond acceptors (Lipinski definition) is 4. The van der Waals surface area contributed by atoms with Gasteiger partial charge in [-0.3, -0.25) is 9.59 Å². The summed E-state index contributed by atoms with van der Waals surface area (Å²) >= 11 is 0. The summed E-state index contributed by atoms with van der Waals surface area (Å²) in [5.74, 6) is -2.49. The van der Waals surface area contributed by atoms with Crippen LogP contribution < -0.4 is 0 Å². The third-order valence-corrected chi connectivity index (χ3v) is 4.60. The van der Waals surface area contributed by atoms with Gasteiger partial charge in [0.2, 0.25) is 0 Å². The van der Waals surface area contributed by atoms with Crippen LogP contribution in [0, 0.1) is 12.7 Å². The fraction of sp³-hybridized carbons (Fsp3) is 0.238. The van der Waals surface area contributed by atoms with E-state index in [0.29, 0.717) is 5.56 Å². The molecule has 1 aliphatic rings. The van der Waals surface area contributed by atoms with Crippen LogP contribution >= 0.6 is 0 Å². The van der Waals surface area contributed by atoms with Gasteiger partial charge < -0.3 is 14.7 Å². The van der Waals surface area contributed by atoms with Gasteiger partial charge in [0.25, 0.3) is 11.7 Å². The quantitative estimate of drug-likeness (QED) is 0.499. The normalized spacial score (nSPS) is 18.9. The van der Waals surface area contributed by atoms with Gasteiger partial charge >= 0.3 is 0 Å². The van der Waals surface area contributed by atoms with Crippen molar-refractivity contribution in [3.05, 3.63) is 76.6 Å². The predicted molar refractivity (Wildman–Crippen MR) is 98.5 cm³/mol. The summed E-state index contributed by atoms with van der Waals surface area (Å²) in [4.78, 5) is 26.5. The number of aliphatic hydroxyl groups is 1. The lowest BCUT2D eigenvalue weighted by molar-refractivity contribution is -0.140. The third kappa shape index (κ3) is 3.48. The van der Waals surface area contributed by atoms with Crippen LogP contribution in [-0.2, 0) is 14.3 Å². The minimum atomic E-state index is -1.01. The van der Waals surface area contributed by atoms with E-state index in [1.165, 1.54) is 30.2 Å². The molecular weight excluding hydrogens is 349 g/mol. The molecule has 0 radical (unpaired) electrons. The second-order valence-electron chi connectivity index (χ2n) is 6.37. The van der Waals surface area contributed by atoms with Gasteiger partial charge in [0.15, 0.2) is 0 Å². The van der Waals surface area contributed by atoms with E-state index in [9.17, 15) is 19.1 Å². The number of likely N-dealkylation sites (tertiary alicyclic amines) is 1. The van der Waals surface area contributed by atoms with Gasteiger partial charge in [0.1, 0.15) is 11.6 Å². The van der Waals surface area contributed by atoms with E-state index in [2.05, 4.69) is 0 Å². The fourth-order valence-electron chi connectivity index (χ4n) is 3.19. The SMILES string of the molecule is COCCN1C(=O)C(=O)/C(=C(/O)c2ccc(C)cc2)C1c1ccccc1F. The van der Waals surface area contributed by atoms with E-state index >= 15 is 0 Å². The van der Waals surface area contributed by atoms with Gasteiger partial charge in [0.05, 0.1) is 18.2 Å². The molecule has 1 amide bonds. The lowest BCUT2D eigenvalue weighted by Gasteiger charge is -2.25. The van der Waals surface area contributed by atoms with E-state index in [1.807, 2.05) is 6.92 Å². The number of nitrogens with zero attached hydrogens (tertiary/aromatic N) is 1. The van der Waals surface area contributed by atoms with Crippen molar-refractivity contribution in [3.63, 3.8) is 0 Å². The first-order valence-electron chi connectivity index (χ1n) is 8.54. The van der Waals surface area contributed by atoms with Crippen molar-refractivity contribution >= 4 is 17.4 Å². The number of ketones is 1. The summed E-state index contributed by atoms with van der Waals surface area (Å²) in [7, 11) is 1.47. The summed E-state index contributed by atoms with van der Waals surface area (Å²) in [6.45, 7) is 2.18. The Labute approximate surface area is 156 Å². The van der Waals surface area contributed by atoms with E-state index in [-0.39, 0.29) is 30.0 Å². The van der Waals surface area contributed by atoms with Gasteiger partial charge in [-0.25, -0.2) is 4.39 Å². The Hall–Kier alpha value is -2.99. The van der Waals surface area contributed by atoms with Gasteiger partial charge in [-0.15, -0.1) is 0 Å². The smallest absolute Gasteiger partial charge is 0.295 e. The van der Waals surface area contributed by atoms with Crippen molar-refractivity contribution in [2.45, 2.75) is 13.0 Å². The zero-order valence-corrected chi connectivity index (χ0v) is 15.1. The Morgan fingerprint density at radius 2 is 1.81 bits per heavy atom. The molecule has 6 heteroatoms. The molecule has 1 saturated heterocycles. The molecule has 0 bridgehead atoms. The van der Waals surface area contributed by atoms with Crippen LogP contribution in [0.3, 0.4) is 0 Å². The molecule has 0 spiro atoms. The molecule has 1 N–H and O–H groups in total. The average molecular weight is 369 g/mol. The number of amides is 1. The number of rotatable bonds is 5. The van der Waals surface area contributed by atoms with E-state index in [1.54, 1.807) is 30.3 Å². The number of benzene rings is 2. The molecule has 0 saturated carbocycles. The first-order valence-corrected chi connectivity index (χ1v) is 8.54. The molecule has 1 atom stereocenters. The Morgan fingerprint density at radius 3 is 2.44 bits per heavy atom. The molecular formula is C21H20FNO4. The molecule has 5 nitrogen and oxygen atoms in total. The van der Waals surface area contributed by atoms with Crippen LogP contribution in [0.25, 0.3) is 5.76 Å². The van der Waals surface area contributed by atoms with Crippen LogP contribution in [0.2, 0.25) is 0 Å². The topological polar surface area (TPSA) is 66.8 Å². The maximum atomic E-state index is 14.5. The van der Waals surface area contributed by atoms with Crippen LogP contribution in [0.1, 0.15) is 22.7 Å². The van der Waals surface area contributed by atoms with Crippen LogP contribution in [0.5, 0.6) is 0 Å². The predicted octanol–water partition coefficient (Wildman–Crippen LogP) is 3.20. The van der Waals surface area contributed by atoms with Crippen LogP contribution in [0.4, 0.5) is 4.39 Å². The maximum Gasteiger partial charge on any atom is 0.295 e. The van der Waals surface area contributed by atoms with Gasteiger partial charge in [-0.05, 0) is 13.0 Å². The lowest BCUT2D eigenvalue weighted by atomic mass is 9.94. The van der Waals surface area contributed by atoms with Crippen molar-refractivity contribution in [2.24, 2.45) is 0 Å². The molecule has 1 fully saturated rings. The minimum absolute atomic E-state index is 0.102. The summed E-state index contributed by atoms with van der Waals surface area (Å²) < 4.78 is 19.5. The lowest BCUT2D eigenvalue weighted by Crippen LogP contribution is -2.33. The number of aryl methyl sites for hydroxylation is 1. The Balaban J connectivity index is 2.18. The number of ether oxygens (including phenoxy) is 1. The molecule has 3 rings (SSSR count). The van der Waals surface area contributed by atoms with Gasteiger partial charge in [-0.1, -0.05) is 48.0 Å². The number of carbonyl (C=O) groups excluding carboxylic acids is 2. The highest BCUT2D eigenvalue weighted by molar-refractivity contribution is 6.46. The molecule has 0 aromatic heterocycles. The zero-order valence-electron chi connectivity index (χ0n) is 15.1. The standard InChI is InChI=1S/C21H20FNO4/c1-13-7-9-14(10-8-13)19(24)17-18(15-5-3-4-6-16(15)22)23(11-12-27-2)21(26)20(17)25/h3-10,18,24H,11-12H2,1-2H3/b19-17+. The number of carbonyl (C=O) groups is 2. The largest absolute Gasteiger partial charge is 0.507 e. The van der Waals surface area contributed by atoms with Gasteiger partial charge in [-0.2, -0.15) is 0 Å². The molecule has 1 heterocycles. The number of hydrogen-bond donors (Lipinski definition) is 1. The van der Waals surface area contributed by atoms with Crippen LogP contribution in [0.15, 0.2) is 54.1 Å². The molecule has 2 aromatic carbocycles. The molecule has 140 valence electrons. The Morgan fingerprint density at radius 1 is 1.15 bits per heavy atom. The summed E-state index contributed by atoms with van der Waals surface area (Å²) in [6.07, 6.45) is 0. The molecule has 0 aliphatic carbocycles. The van der Waals surface area contributed by atoms with Gasteiger partial charge in [0, 0.05) is 24.8 Å². The second-order valence-corrected chi connectivity index (χ2v) is 6.37. The van der Waals surface area contributed by atoms with Crippen molar-refractivity contribution in [3.8, 4) is 0 Å². The molecule has 27 heavy (non-hydrogen) atoms. The Kier molecular flexibility index (Phi) is 5.37. The first-order chi connectivity index (χ1) is 13.0. The molecule has 1 aliphatic heterocycles. The Bertz CT molecular complexity index is 905. The fourth-order valence-corrected chi connectivity index (χ4v) is 3.19. The minimum Gasteiger partial charge on any atom is -0.507 e. The highest BCUT2D eigenvalue weighted by Crippen LogP contribution is 2.40. The van der Waals surface area contributed by atoms with E-state index in [4.69, 9.17) is 4.74 Å².